The fraction of sp³-hybridized carbons (Fsp3) is 0.600. The topological polar surface area (TPSA) is 114 Å². The van der Waals surface area contributed by atoms with Gasteiger partial charge in [0.15, 0.2) is 5.13 Å². The Balaban J connectivity index is 2.25. The number of alkyl halides is 3. The van der Waals surface area contributed by atoms with Crippen LogP contribution in [0.4, 0.5) is 24.0 Å². The predicted molar refractivity (Wildman–Crippen MR) is 124 cm³/mol. The first kappa shape index (κ1) is 17.2. The van der Waals surface area contributed by atoms with Gasteiger partial charge in [-0.2, -0.15) is 22.5 Å². The number of hydrogen-bond donors (Lipinski definition) is 0. The molecule has 1 saturated heterocycles. The summed E-state index contributed by atoms with van der Waals surface area (Å²) in [5.41, 5.74) is -4.46. The van der Waals surface area contributed by atoms with E-state index in [0.717, 1.165) is 12.8 Å². The van der Waals surface area contributed by atoms with Gasteiger partial charge in [-0.25, -0.2) is 8.42 Å². The minimum absolute atomic E-state index is 0.0574. The number of sulfonamides is 1. The van der Waals surface area contributed by atoms with E-state index >= 15 is 0 Å². The lowest BCUT2D eigenvalue weighted by atomic mass is 10.1. The molecule has 0 atom stereocenters. The second kappa shape index (κ2) is 10.5. The van der Waals surface area contributed by atoms with E-state index in [1.54, 1.807) is 0 Å². The predicted octanol–water partition coefficient (Wildman–Crippen LogP) is 4.01. The number of nitro groups is 1. The van der Waals surface area contributed by atoms with Gasteiger partial charge in [0.1, 0.15) is 4.70 Å². The number of anilines is 1. The summed E-state index contributed by atoms with van der Waals surface area (Å²) in [6.07, 6.45) is -2.61. The molecule has 1 fully saturated rings. The summed E-state index contributed by atoms with van der Waals surface area (Å²) >= 11 is -0.0574. The average molecular weight is 531 g/mol. The van der Waals surface area contributed by atoms with Crippen molar-refractivity contribution in [3.63, 3.8) is 0 Å². The van der Waals surface area contributed by atoms with E-state index < -0.39 is 89.2 Å². The average Bonchev–Trinajstić information content (AvgIpc) is 2.81. The molecule has 0 N–H and O–H groups in total. The van der Waals surface area contributed by atoms with Crippen LogP contribution in [-0.4, -0.2) is 54.4 Å². The van der Waals surface area contributed by atoms with Crippen molar-refractivity contribution < 1.29 is 37.5 Å². The zero-order valence-corrected chi connectivity index (χ0v) is 19.3. The molecule has 2 heterocycles. The molecule has 34 heavy (non-hydrogen) atoms. The highest BCUT2D eigenvalue weighted by Crippen LogP contribution is 2.38. The molecule has 1 aromatic heterocycles. The van der Waals surface area contributed by atoms with Crippen LogP contribution in [0, 0.1) is 10.1 Å². The molecule has 188 valence electrons. The zero-order valence-electron chi connectivity index (χ0n) is 25.7. The van der Waals surface area contributed by atoms with Gasteiger partial charge in [-0.3, -0.25) is 14.9 Å². The largest absolute Gasteiger partial charge is 0.416 e. The third-order valence-corrected chi connectivity index (χ3v) is 7.35. The van der Waals surface area contributed by atoms with Crippen LogP contribution in [0.3, 0.4) is 0 Å². The number of piperazine rings is 1. The Labute approximate surface area is 209 Å². The number of aromatic nitrogens is 1. The first-order chi connectivity index (χ1) is 19.0. The molecule has 9 nitrogen and oxygen atoms in total. The van der Waals surface area contributed by atoms with Crippen LogP contribution in [0.2, 0.25) is 0 Å². The SMILES string of the molecule is [2H]C1([2H])N(c2nc(=O)c3cc(C(F)(F)F)cc([N+](=O)[O-])c3s2)C([2H])([2H])C([2H])([2H])N(S(=O)(=O)CCCCCCC)C1([2H])[2H]. The Hall–Kier alpha value is -2.32. The number of hydrogen-bond acceptors (Lipinski definition) is 8. The van der Waals surface area contributed by atoms with Crippen molar-refractivity contribution in [1.29, 1.82) is 0 Å². The molecule has 0 saturated carbocycles. The van der Waals surface area contributed by atoms with E-state index in [1.807, 2.05) is 6.92 Å². The number of non-ortho nitro benzene ring substituents is 1. The van der Waals surface area contributed by atoms with Crippen molar-refractivity contribution in [3.05, 3.63) is 38.2 Å². The molecule has 0 aliphatic carbocycles. The highest BCUT2D eigenvalue weighted by atomic mass is 32.2. The summed E-state index contributed by atoms with van der Waals surface area (Å²) in [4.78, 5) is 26.2. The number of fused-ring (bicyclic) bond motifs is 1. The van der Waals surface area contributed by atoms with Crippen LogP contribution in [0.1, 0.15) is 55.6 Å². The van der Waals surface area contributed by atoms with Gasteiger partial charge in [-0.1, -0.05) is 43.9 Å². The maximum absolute atomic E-state index is 13.3. The zero-order chi connectivity index (χ0) is 32.3. The minimum atomic E-state index is -5.12. The summed E-state index contributed by atoms with van der Waals surface area (Å²) in [5, 5.41) is 9.52. The van der Waals surface area contributed by atoms with E-state index in [0.29, 0.717) is 12.8 Å². The Morgan fingerprint density at radius 3 is 2.41 bits per heavy atom. The maximum Gasteiger partial charge on any atom is 0.416 e. The second-order valence-electron chi connectivity index (χ2n) is 7.21. The highest BCUT2D eigenvalue weighted by molar-refractivity contribution is 7.89. The smallest absolute Gasteiger partial charge is 0.345 e. The van der Waals surface area contributed by atoms with Crippen LogP contribution in [0.25, 0.3) is 10.1 Å². The molecule has 0 spiro atoms. The number of nitrogens with zero attached hydrogens (tertiary/aromatic N) is 4. The Kier molecular flexibility index (Phi) is 5.31. The van der Waals surface area contributed by atoms with E-state index in [1.165, 1.54) is 0 Å². The van der Waals surface area contributed by atoms with Crippen LogP contribution in [0.5, 0.6) is 0 Å². The third kappa shape index (κ3) is 6.02. The van der Waals surface area contributed by atoms with Crippen molar-refractivity contribution in [2.45, 2.75) is 45.2 Å². The van der Waals surface area contributed by atoms with Gasteiger partial charge in [0.2, 0.25) is 10.0 Å². The molecule has 14 heteroatoms. The van der Waals surface area contributed by atoms with Crippen LogP contribution in [0.15, 0.2) is 16.9 Å². The van der Waals surface area contributed by atoms with Crippen molar-refractivity contribution in [1.82, 2.24) is 9.29 Å². The lowest BCUT2D eigenvalue weighted by molar-refractivity contribution is -0.383. The molecule has 3 rings (SSSR count). The third-order valence-electron chi connectivity index (χ3n) is 4.72. The number of rotatable bonds is 9. The maximum atomic E-state index is 13.3. The molecule has 0 unspecified atom stereocenters. The van der Waals surface area contributed by atoms with E-state index in [2.05, 4.69) is 4.98 Å². The van der Waals surface area contributed by atoms with Gasteiger partial charge >= 0.3 is 6.18 Å². The molecular formula is C20H25F3N4O5S2. The van der Waals surface area contributed by atoms with E-state index in [9.17, 15) is 36.5 Å². The molecule has 0 radical (unpaired) electrons. The van der Waals surface area contributed by atoms with Crippen LogP contribution < -0.4 is 10.5 Å². The van der Waals surface area contributed by atoms with E-state index in [-0.39, 0.29) is 34.8 Å². The van der Waals surface area contributed by atoms with Crippen LogP contribution in [-0.2, 0) is 16.2 Å². The van der Waals surface area contributed by atoms with Crippen molar-refractivity contribution in [2.75, 3.05) is 36.6 Å². The lowest BCUT2D eigenvalue weighted by Gasteiger charge is -2.34. The lowest BCUT2D eigenvalue weighted by Crippen LogP contribution is -2.49. The Morgan fingerprint density at radius 1 is 1.18 bits per heavy atom. The summed E-state index contributed by atoms with van der Waals surface area (Å²) in [5.74, 6) is -0.836. The highest BCUT2D eigenvalue weighted by Gasteiger charge is 2.35. The van der Waals surface area contributed by atoms with Gasteiger partial charge in [0.25, 0.3) is 11.2 Å². The Morgan fingerprint density at radius 2 is 1.82 bits per heavy atom. The van der Waals surface area contributed by atoms with Gasteiger partial charge < -0.3 is 4.90 Å². The first-order valence-corrected chi connectivity index (χ1v) is 12.4. The van der Waals surface area contributed by atoms with E-state index in [4.69, 9.17) is 11.0 Å². The molecule has 1 aromatic carbocycles. The van der Waals surface area contributed by atoms with Crippen LogP contribution >= 0.6 is 11.3 Å². The van der Waals surface area contributed by atoms with Gasteiger partial charge in [0.05, 0.1) is 27.1 Å². The first-order valence-electron chi connectivity index (χ1n) is 14.0. The molecule has 0 amide bonds. The fourth-order valence-corrected chi connectivity index (χ4v) is 5.10. The fourth-order valence-electron chi connectivity index (χ4n) is 3.00. The molecule has 2 aromatic rings. The normalized spacial score (nSPS) is 25.1. The monoisotopic (exact) mass is 530 g/mol. The summed E-state index contributed by atoms with van der Waals surface area (Å²) in [6.45, 7) is -13.4. The van der Waals surface area contributed by atoms with Gasteiger partial charge in [0, 0.05) is 37.5 Å². The standard InChI is InChI=1S/C20H25F3N4O5S2/c1-2-3-4-5-6-11-34(31,32)26-9-7-25(8-10-26)19-24-18(28)15-12-14(20(21,22)23)13-16(27(29)30)17(15)33-19/h12-13H,2-11H2,1H3/i7D2,8D2,9D2,10D2. The summed E-state index contributed by atoms with van der Waals surface area (Å²) in [6, 6.07) is 0.347. The van der Waals surface area contributed by atoms with Crippen molar-refractivity contribution >= 4 is 42.3 Å². The number of unbranched alkanes of at least 4 members (excludes halogenated alkanes) is 4. The van der Waals surface area contributed by atoms with Gasteiger partial charge in [-0.05, 0) is 12.5 Å². The Bertz CT molecular complexity index is 1530. The summed E-state index contributed by atoms with van der Waals surface area (Å²) < 4.78 is 132. The molecule has 1 aliphatic heterocycles. The molecular weight excluding hydrogens is 497 g/mol. The molecule has 0 bridgehead atoms. The van der Waals surface area contributed by atoms with Crippen molar-refractivity contribution in [2.24, 2.45) is 0 Å². The number of benzene rings is 1. The second-order valence-corrected chi connectivity index (χ2v) is 10.1. The quantitative estimate of drug-likeness (QED) is 0.273. The summed E-state index contributed by atoms with van der Waals surface area (Å²) in [7, 11) is -5.01. The van der Waals surface area contributed by atoms with Crippen molar-refractivity contribution in [3.8, 4) is 0 Å². The molecule has 1 aliphatic rings. The minimum Gasteiger partial charge on any atom is -0.345 e. The number of halogens is 3. The van der Waals surface area contributed by atoms with Gasteiger partial charge in [-0.15, -0.1) is 0 Å². The number of nitro benzene ring substituents is 1.